The highest BCUT2D eigenvalue weighted by molar-refractivity contribution is 14.1. The van der Waals surface area contributed by atoms with Crippen molar-refractivity contribution in [1.82, 2.24) is 0 Å². The SMILES string of the molecule is Cc1cc(C)c(C(=O)COc2ccccc2I)cc1C. The second kappa shape index (κ2) is 6.39. The van der Waals surface area contributed by atoms with Crippen LogP contribution in [0.1, 0.15) is 27.0 Å². The van der Waals surface area contributed by atoms with Gasteiger partial charge in [0.2, 0.25) is 0 Å². The van der Waals surface area contributed by atoms with Crippen molar-refractivity contribution in [3.05, 3.63) is 62.2 Å². The molecule has 2 aromatic carbocycles. The summed E-state index contributed by atoms with van der Waals surface area (Å²) in [5, 5.41) is 0. The molecule has 2 nitrogen and oxygen atoms in total. The Morgan fingerprint density at radius 2 is 1.70 bits per heavy atom. The van der Waals surface area contributed by atoms with Crippen molar-refractivity contribution >= 4 is 28.4 Å². The molecule has 2 rings (SSSR count). The zero-order valence-electron chi connectivity index (χ0n) is 11.9. The lowest BCUT2D eigenvalue weighted by Gasteiger charge is -2.11. The number of benzene rings is 2. The van der Waals surface area contributed by atoms with Crippen LogP contribution in [0.15, 0.2) is 36.4 Å². The average Bonchev–Trinajstić information content (AvgIpc) is 2.41. The van der Waals surface area contributed by atoms with Gasteiger partial charge >= 0.3 is 0 Å². The largest absolute Gasteiger partial charge is 0.484 e. The van der Waals surface area contributed by atoms with Gasteiger partial charge in [-0.3, -0.25) is 4.79 Å². The fourth-order valence-electron chi connectivity index (χ4n) is 2.04. The van der Waals surface area contributed by atoms with E-state index in [2.05, 4.69) is 35.6 Å². The molecule has 0 amide bonds. The van der Waals surface area contributed by atoms with Crippen LogP contribution in [-0.2, 0) is 0 Å². The second-order valence-electron chi connectivity index (χ2n) is 4.89. The molecule has 0 fully saturated rings. The van der Waals surface area contributed by atoms with Crippen molar-refractivity contribution in [3.8, 4) is 5.75 Å². The number of halogens is 1. The third-order valence-electron chi connectivity index (χ3n) is 3.34. The molecule has 0 aliphatic heterocycles. The Hall–Kier alpha value is -1.36. The number of rotatable bonds is 4. The Bertz CT molecular complexity index is 647. The van der Waals surface area contributed by atoms with Gasteiger partial charge in [0.25, 0.3) is 0 Å². The molecule has 2 aromatic rings. The number of aryl methyl sites for hydroxylation is 3. The maximum Gasteiger partial charge on any atom is 0.200 e. The van der Waals surface area contributed by atoms with Crippen molar-refractivity contribution in [2.75, 3.05) is 6.61 Å². The number of ether oxygens (including phenoxy) is 1. The third kappa shape index (κ3) is 3.39. The number of ketones is 1. The summed E-state index contributed by atoms with van der Waals surface area (Å²) in [4.78, 5) is 12.3. The molecule has 0 bridgehead atoms. The van der Waals surface area contributed by atoms with Gasteiger partial charge in [-0.1, -0.05) is 18.2 Å². The number of carbonyl (C=O) groups is 1. The van der Waals surface area contributed by atoms with Crippen LogP contribution in [0.4, 0.5) is 0 Å². The van der Waals surface area contributed by atoms with Crippen molar-refractivity contribution < 1.29 is 9.53 Å². The molecule has 0 atom stereocenters. The van der Waals surface area contributed by atoms with E-state index >= 15 is 0 Å². The highest BCUT2D eigenvalue weighted by Crippen LogP contribution is 2.21. The summed E-state index contributed by atoms with van der Waals surface area (Å²) in [6, 6.07) is 11.7. The van der Waals surface area contributed by atoms with Crippen molar-refractivity contribution in [1.29, 1.82) is 0 Å². The molecular weight excluding hydrogens is 363 g/mol. The van der Waals surface area contributed by atoms with Crippen molar-refractivity contribution in [3.63, 3.8) is 0 Å². The zero-order valence-corrected chi connectivity index (χ0v) is 14.0. The molecule has 3 heteroatoms. The normalized spacial score (nSPS) is 10.4. The van der Waals surface area contributed by atoms with E-state index in [-0.39, 0.29) is 12.4 Å². The highest BCUT2D eigenvalue weighted by Gasteiger charge is 2.12. The first-order valence-electron chi connectivity index (χ1n) is 6.47. The topological polar surface area (TPSA) is 26.3 Å². The predicted molar refractivity (Wildman–Crippen MR) is 89.6 cm³/mol. The molecule has 104 valence electrons. The van der Waals surface area contributed by atoms with Gasteiger partial charge in [-0.2, -0.15) is 0 Å². The first-order valence-corrected chi connectivity index (χ1v) is 7.55. The van der Waals surface area contributed by atoms with Gasteiger partial charge in [-0.25, -0.2) is 0 Å². The lowest BCUT2D eigenvalue weighted by molar-refractivity contribution is 0.0920. The van der Waals surface area contributed by atoms with Crippen LogP contribution in [0.5, 0.6) is 5.75 Å². The van der Waals surface area contributed by atoms with E-state index in [1.165, 1.54) is 5.56 Å². The van der Waals surface area contributed by atoms with Crippen LogP contribution in [0.25, 0.3) is 0 Å². The molecule has 0 aromatic heterocycles. The Labute approximate surface area is 133 Å². The third-order valence-corrected chi connectivity index (χ3v) is 4.23. The van der Waals surface area contributed by atoms with Gasteiger partial charge in [0.05, 0.1) is 3.57 Å². The number of Topliss-reactive ketones (excluding diaryl/α,β-unsaturated/α-hetero) is 1. The average molecular weight is 380 g/mol. The van der Waals surface area contributed by atoms with E-state index in [9.17, 15) is 4.79 Å². The Kier molecular flexibility index (Phi) is 4.81. The maximum atomic E-state index is 12.3. The maximum absolute atomic E-state index is 12.3. The van der Waals surface area contributed by atoms with Crippen molar-refractivity contribution in [2.45, 2.75) is 20.8 Å². The summed E-state index contributed by atoms with van der Waals surface area (Å²) >= 11 is 2.20. The minimum Gasteiger partial charge on any atom is -0.484 e. The highest BCUT2D eigenvalue weighted by atomic mass is 127. The number of para-hydroxylation sites is 1. The summed E-state index contributed by atoms with van der Waals surface area (Å²) in [5.74, 6) is 0.771. The summed E-state index contributed by atoms with van der Waals surface area (Å²) in [7, 11) is 0. The van der Waals surface area contributed by atoms with Gasteiger partial charge in [0.1, 0.15) is 5.75 Å². The second-order valence-corrected chi connectivity index (χ2v) is 6.06. The minimum atomic E-state index is 0.0188. The standard InChI is InChI=1S/C17H17IO2/c1-11-8-13(3)14(9-12(11)2)16(19)10-20-17-7-5-4-6-15(17)18/h4-9H,10H2,1-3H3. The molecule has 0 spiro atoms. The molecule has 20 heavy (non-hydrogen) atoms. The van der Waals surface area contributed by atoms with Crippen LogP contribution in [0.3, 0.4) is 0 Å². The molecule has 0 aliphatic rings. The number of hydrogen-bond acceptors (Lipinski definition) is 2. The van der Waals surface area contributed by atoms with E-state index in [1.807, 2.05) is 44.2 Å². The molecule has 0 radical (unpaired) electrons. The van der Waals surface area contributed by atoms with Gasteiger partial charge in [-0.05, 0) is 78.3 Å². The fourth-order valence-corrected chi connectivity index (χ4v) is 2.59. The van der Waals surface area contributed by atoms with Crippen LogP contribution in [0.2, 0.25) is 0 Å². The molecular formula is C17H17IO2. The molecule has 0 aliphatic carbocycles. The molecule has 0 N–H and O–H groups in total. The van der Waals surface area contributed by atoms with E-state index in [4.69, 9.17) is 4.74 Å². The quantitative estimate of drug-likeness (QED) is 0.578. The molecule has 0 saturated heterocycles. The summed E-state index contributed by atoms with van der Waals surface area (Å²) < 4.78 is 6.63. The molecule has 0 unspecified atom stereocenters. The molecule has 0 heterocycles. The number of carbonyl (C=O) groups excluding carboxylic acids is 1. The van der Waals surface area contributed by atoms with Crippen LogP contribution < -0.4 is 4.74 Å². The van der Waals surface area contributed by atoms with E-state index in [0.29, 0.717) is 0 Å². The Morgan fingerprint density at radius 1 is 1.05 bits per heavy atom. The summed E-state index contributed by atoms with van der Waals surface area (Å²) in [5.41, 5.74) is 4.09. The van der Waals surface area contributed by atoms with Gasteiger partial charge < -0.3 is 4.74 Å². The van der Waals surface area contributed by atoms with Gasteiger partial charge in [0, 0.05) is 5.56 Å². The molecule has 0 saturated carbocycles. The van der Waals surface area contributed by atoms with Crippen LogP contribution in [-0.4, -0.2) is 12.4 Å². The summed E-state index contributed by atoms with van der Waals surface area (Å²) in [6.07, 6.45) is 0. The zero-order chi connectivity index (χ0) is 14.7. The summed E-state index contributed by atoms with van der Waals surface area (Å²) in [6.45, 7) is 6.11. The van der Waals surface area contributed by atoms with Crippen LogP contribution >= 0.6 is 22.6 Å². The lowest BCUT2D eigenvalue weighted by Crippen LogP contribution is -2.14. The van der Waals surface area contributed by atoms with Gasteiger partial charge in [-0.15, -0.1) is 0 Å². The lowest BCUT2D eigenvalue weighted by atomic mass is 9.98. The Balaban J connectivity index is 2.13. The van der Waals surface area contributed by atoms with E-state index in [1.54, 1.807) is 0 Å². The van der Waals surface area contributed by atoms with Gasteiger partial charge in [0.15, 0.2) is 12.4 Å². The van der Waals surface area contributed by atoms with Crippen molar-refractivity contribution in [2.24, 2.45) is 0 Å². The number of hydrogen-bond donors (Lipinski definition) is 0. The van der Waals surface area contributed by atoms with Crippen LogP contribution in [0, 0.1) is 24.3 Å². The smallest absolute Gasteiger partial charge is 0.200 e. The minimum absolute atomic E-state index is 0.0188. The fraction of sp³-hybridized carbons (Fsp3) is 0.235. The first-order chi connectivity index (χ1) is 9.49. The van der Waals surface area contributed by atoms with E-state index < -0.39 is 0 Å². The van der Waals surface area contributed by atoms with E-state index in [0.717, 1.165) is 26.0 Å². The Morgan fingerprint density at radius 3 is 2.40 bits per heavy atom. The first kappa shape index (κ1) is 15.0. The monoisotopic (exact) mass is 380 g/mol. The predicted octanol–water partition coefficient (Wildman–Crippen LogP) is 4.48.